The number of aromatic nitrogens is 3. The zero-order valence-electron chi connectivity index (χ0n) is 7.81. The molecule has 1 aromatic carbocycles. The Kier molecular flexibility index (Phi) is 2.50. The van der Waals surface area contributed by atoms with E-state index < -0.39 is 0 Å². The van der Waals surface area contributed by atoms with Crippen LogP contribution in [0.2, 0.25) is 5.02 Å². The van der Waals surface area contributed by atoms with E-state index in [4.69, 9.17) is 11.6 Å². The van der Waals surface area contributed by atoms with Gasteiger partial charge in [-0.15, -0.1) is 10.2 Å². The van der Waals surface area contributed by atoms with Crippen molar-refractivity contribution in [2.45, 2.75) is 13.5 Å². The van der Waals surface area contributed by atoms with Crippen molar-refractivity contribution in [3.05, 3.63) is 35.6 Å². The van der Waals surface area contributed by atoms with Crippen molar-refractivity contribution in [2.24, 2.45) is 0 Å². The largest absolute Gasteiger partial charge is 0.314 e. The topological polar surface area (TPSA) is 30.7 Å². The van der Waals surface area contributed by atoms with E-state index in [9.17, 15) is 0 Å². The zero-order valence-corrected chi connectivity index (χ0v) is 8.57. The molecule has 1 heterocycles. The molecule has 0 aliphatic rings. The van der Waals surface area contributed by atoms with Crippen LogP contribution >= 0.6 is 11.6 Å². The second kappa shape index (κ2) is 3.80. The lowest BCUT2D eigenvalue weighted by Crippen LogP contribution is -1.95. The lowest BCUT2D eigenvalue weighted by atomic mass is 10.2. The summed E-state index contributed by atoms with van der Waals surface area (Å²) < 4.78 is 1.98. The summed E-state index contributed by atoms with van der Waals surface area (Å²) in [6, 6.07) is 7.61. The highest BCUT2D eigenvalue weighted by Crippen LogP contribution is 2.20. The molecule has 0 N–H and O–H groups in total. The number of benzene rings is 1. The van der Waals surface area contributed by atoms with Crippen LogP contribution in [-0.4, -0.2) is 14.8 Å². The number of hydrogen-bond donors (Lipinski definition) is 0. The Morgan fingerprint density at radius 2 is 2.29 bits per heavy atom. The molecular weight excluding hydrogens is 198 g/mol. The molecule has 0 bridgehead atoms. The van der Waals surface area contributed by atoms with Gasteiger partial charge in [0.1, 0.15) is 6.33 Å². The lowest BCUT2D eigenvalue weighted by Gasteiger charge is -2.02. The Labute approximate surface area is 87.3 Å². The lowest BCUT2D eigenvalue weighted by molar-refractivity contribution is 0.767. The van der Waals surface area contributed by atoms with E-state index in [-0.39, 0.29) is 0 Å². The number of rotatable bonds is 2. The molecule has 0 aliphatic heterocycles. The molecule has 2 rings (SSSR count). The van der Waals surface area contributed by atoms with Crippen LogP contribution in [0.1, 0.15) is 6.92 Å². The summed E-state index contributed by atoms with van der Waals surface area (Å²) in [4.78, 5) is 0. The third-order valence-corrected chi connectivity index (χ3v) is 2.27. The van der Waals surface area contributed by atoms with Crippen molar-refractivity contribution in [1.82, 2.24) is 14.8 Å². The third kappa shape index (κ3) is 1.63. The first-order valence-corrected chi connectivity index (χ1v) is 4.83. The zero-order chi connectivity index (χ0) is 9.97. The van der Waals surface area contributed by atoms with E-state index in [2.05, 4.69) is 17.1 Å². The van der Waals surface area contributed by atoms with Gasteiger partial charge in [0.2, 0.25) is 0 Å². The first-order chi connectivity index (χ1) is 6.81. The van der Waals surface area contributed by atoms with Crippen molar-refractivity contribution < 1.29 is 0 Å². The molecule has 0 amide bonds. The highest BCUT2D eigenvalue weighted by atomic mass is 35.5. The molecule has 0 saturated heterocycles. The quantitative estimate of drug-likeness (QED) is 0.758. The molecule has 0 fully saturated rings. The molecular formula is C10H10ClN3. The minimum absolute atomic E-state index is 0.716. The van der Waals surface area contributed by atoms with Gasteiger partial charge in [-0.05, 0) is 19.1 Å². The first kappa shape index (κ1) is 9.21. The number of hydrogen-bond acceptors (Lipinski definition) is 2. The maximum atomic E-state index is 5.90. The van der Waals surface area contributed by atoms with Crippen molar-refractivity contribution in [1.29, 1.82) is 0 Å². The van der Waals surface area contributed by atoms with Crippen molar-refractivity contribution in [2.75, 3.05) is 0 Å². The fraction of sp³-hybridized carbons (Fsp3) is 0.200. The molecule has 0 aliphatic carbocycles. The summed E-state index contributed by atoms with van der Waals surface area (Å²) in [5.74, 6) is 0.856. The summed E-state index contributed by atoms with van der Waals surface area (Å²) in [6.07, 6.45) is 1.72. The Bertz CT molecular complexity index is 436. The standard InChI is InChI=1S/C10H10ClN3/c1-2-14-7-12-13-10(14)8-4-3-5-9(11)6-8/h3-7H,2H2,1H3. The second-order valence-electron chi connectivity index (χ2n) is 2.95. The molecule has 0 atom stereocenters. The summed E-state index contributed by atoms with van der Waals surface area (Å²) >= 11 is 5.90. The van der Waals surface area contributed by atoms with Gasteiger partial charge < -0.3 is 4.57 Å². The smallest absolute Gasteiger partial charge is 0.163 e. The van der Waals surface area contributed by atoms with Crippen LogP contribution in [0.15, 0.2) is 30.6 Å². The SMILES string of the molecule is CCn1cnnc1-c1cccc(Cl)c1. The van der Waals surface area contributed by atoms with Gasteiger partial charge in [0.25, 0.3) is 0 Å². The van der Waals surface area contributed by atoms with Gasteiger partial charge in [-0.2, -0.15) is 0 Å². The molecule has 0 saturated carbocycles. The van der Waals surface area contributed by atoms with Crippen LogP contribution in [0.4, 0.5) is 0 Å². The van der Waals surface area contributed by atoms with Crippen LogP contribution in [0.3, 0.4) is 0 Å². The maximum Gasteiger partial charge on any atom is 0.163 e. The summed E-state index contributed by atoms with van der Waals surface area (Å²) in [6.45, 7) is 2.91. The van der Waals surface area contributed by atoms with E-state index in [0.717, 1.165) is 17.9 Å². The van der Waals surface area contributed by atoms with E-state index >= 15 is 0 Å². The van der Waals surface area contributed by atoms with Crippen LogP contribution < -0.4 is 0 Å². The van der Waals surface area contributed by atoms with Gasteiger partial charge in [-0.25, -0.2) is 0 Å². The van der Waals surface area contributed by atoms with Crippen LogP contribution in [0, 0.1) is 0 Å². The molecule has 0 unspecified atom stereocenters. The molecule has 4 heteroatoms. The first-order valence-electron chi connectivity index (χ1n) is 4.45. The van der Waals surface area contributed by atoms with Crippen molar-refractivity contribution in [3.8, 4) is 11.4 Å². The van der Waals surface area contributed by atoms with Crippen molar-refractivity contribution >= 4 is 11.6 Å². The Morgan fingerprint density at radius 1 is 1.43 bits per heavy atom. The Morgan fingerprint density at radius 3 is 3.00 bits per heavy atom. The molecule has 72 valence electrons. The fourth-order valence-electron chi connectivity index (χ4n) is 1.34. The highest BCUT2D eigenvalue weighted by molar-refractivity contribution is 6.30. The van der Waals surface area contributed by atoms with Gasteiger partial charge in [0.15, 0.2) is 5.82 Å². The number of halogens is 1. The van der Waals surface area contributed by atoms with Gasteiger partial charge >= 0.3 is 0 Å². The molecule has 0 spiro atoms. The fourth-order valence-corrected chi connectivity index (χ4v) is 1.53. The highest BCUT2D eigenvalue weighted by Gasteiger charge is 2.05. The van der Waals surface area contributed by atoms with Crippen LogP contribution in [0.5, 0.6) is 0 Å². The average molecular weight is 208 g/mol. The third-order valence-electron chi connectivity index (χ3n) is 2.04. The second-order valence-corrected chi connectivity index (χ2v) is 3.39. The van der Waals surface area contributed by atoms with E-state index in [1.807, 2.05) is 28.8 Å². The molecule has 1 aromatic heterocycles. The summed E-state index contributed by atoms with van der Waals surface area (Å²) in [5, 5.41) is 8.64. The monoisotopic (exact) mass is 207 g/mol. The number of nitrogens with zero attached hydrogens (tertiary/aromatic N) is 3. The minimum Gasteiger partial charge on any atom is -0.314 e. The van der Waals surface area contributed by atoms with Crippen LogP contribution in [-0.2, 0) is 6.54 Å². The van der Waals surface area contributed by atoms with E-state index in [1.54, 1.807) is 6.33 Å². The Hall–Kier alpha value is -1.35. The van der Waals surface area contributed by atoms with Gasteiger partial charge in [-0.1, -0.05) is 23.7 Å². The predicted molar refractivity (Wildman–Crippen MR) is 56.1 cm³/mol. The minimum atomic E-state index is 0.716. The Balaban J connectivity index is 2.49. The summed E-state index contributed by atoms with van der Waals surface area (Å²) in [7, 11) is 0. The molecule has 2 aromatic rings. The molecule has 3 nitrogen and oxygen atoms in total. The number of aryl methyl sites for hydroxylation is 1. The van der Waals surface area contributed by atoms with E-state index in [0.29, 0.717) is 5.02 Å². The van der Waals surface area contributed by atoms with E-state index in [1.165, 1.54) is 0 Å². The predicted octanol–water partition coefficient (Wildman–Crippen LogP) is 2.62. The van der Waals surface area contributed by atoms with Gasteiger partial charge in [-0.3, -0.25) is 0 Å². The van der Waals surface area contributed by atoms with Crippen LogP contribution in [0.25, 0.3) is 11.4 Å². The van der Waals surface area contributed by atoms with Gasteiger partial charge in [0, 0.05) is 17.1 Å². The van der Waals surface area contributed by atoms with Gasteiger partial charge in [0.05, 0.1) is 0 Å². The van der Waals surface area contributed by atoms with Crippen molar-refractivity contribution in [3.63, 3.8) is 0 Å². The molecule has 0 radical (unpaired) electrons. The normalized spacial score (nSPS) is 10.4. The molecule has 14 heavy (non-hydrogen) atoms. The maximum absolute atomic E-state index is 5.90. The summed E-state index contributed by atoms with van der Waals surface area (Å²) in [5.41, 5.74) is 0.997. The average Bonchev–Trinajstić information content (AvgIpc) is 2.65.